The van der Waals surface area contributed by atoms with Gasteiger partial charge in [-0.3, -0.25) is 4.79 Å². The number of hydrogen-bond acceptors (Lipinski definition) is 5. The van der Waals surface area contributed by atoms with Gasteiger partial charge in [-0.1, -0.05) is 13.8 Å². The molecule has 5 heteroatoms. The molecular weight excluding hydrogens is 194 g/mol. The van der Waals surface area contributed by atoms with E-state index in [1.807, 2.05) is 0 Å². The summed E-state index contributed by atoms with van der Waals surface area (Å²) < 4.78 is 4.62. The number of carbonyl (C=O) groups excluding carboxylic acids is 1. The van der Waals surface area contributed by atoms with Gasteiger partial charge in [-0.25, -0.2) is 0 Å². The number of nitrogens with zero attached hydrogens (tertiary/aromatic N) is 1. The molecule has 0 aliphatic rings. The third-order valence-electron chi connectivity index (χ3n) is 2.43. The zero-order valence-electron chi connectivity index (χ0n) is 9.95. The number of ether oxygens (including phenoxy) is 1. The quantitative estimate of drug-likeness (QED) is 0.532. The van der Waals surface area contributed by atoms with E-state index in [0.29, 0.717) is 0 Å². The summed E-state index contributed by atoms with van der Waals surface area (Å²) in [6.45, 7) is 8.20. The van der Waals surface area contributed by atoms with E-state index in [4.69, 9.17) is 5.73 Å². The van der Waals surface area contributed by atoms with Crippen LogP contribution >= 0.6 is 0 Å². The standard InChI is InChI=1S/C10H23N3O2/c1-4-13(5-2)7-6-12-9(8-11)10(14)15-3/h9,12H,4-8,11H2,1-3H3. The van der Waals surface area contributed by atoms with Crippen LogP contribution in [0.1, 0.15) is 13.8 Å². The fourth-order valence-electron chi connectivity index (χ4n) is 1.34. The van der Waals surface area contributed by atoms with Gasteiger partial charge in [0, 0.05) is 19.6 Å². The molecule has 5 nitrogen and oxygen atoms in total. The number of likely N-dealkylation sites (N-methyl/N-ethyl adjacent to an activating group) is 1. The van der Waals surface area contributed by atoms with Gasteiger partial charge in [0.05, 0.1) is 7.11 Å². The maximum absolute atomic E-state index is 11.2. The van der Waals surface area contributed by atoms with Crippen LogP contribution in [-0.2, 0) is 9.53 Å². The zero-order valence-corrected chi connectivity index (χ0v) is 9.95. The van der Waals surface area contributed by atoms with Crippen LogP contribution in [0.15, 0.2) is 0 Å². The Hall–Kier alpha value is -0.650. The van der Waals surface area contributed by atoms with Gasteiger partial charge in [0.2, 0.25) is 0 Å². The largest absolute Gasteiger partial charge is 0.468 e. The summed E-state index contributed by atoms with van der Waals surface area (Å²) in [6, 6.07) is -0.384. The molecule has 0 rings (SSSR count). The van der Waals surface area contributed by atoms with E-state index in [2.05, 4.69) is 28.8 Å². The summed E-state index contributed by atoms with van der Waals surface area (Å²) in [7, 11) is 1.37. The zero-order chi connectivity index (χ0) is 11.7. The first-order valence-corrected chi connectivity index (χ1v) is 5.43. The molecule has 90 valence electrons. The van der Waals surface area contributed by atoms with E-state index < -0.39 is 0 Å². The van der Waals surface area contributed by atoms with E-state index in [-0.39, 0.29) is 18.6 Å². The van der Waals surface area contributed by atoms with Crippen LogP contribution in [0, 0.1) is 0 Å². The first-order valence-electron chi connectivity index (χ1n) is 5.43. The van der Waals surface area contributed by atoms with Gasteiger partial charge in [-0.2, -0.15) is 0 Å². The Kier molecular flexibility index (Phi) is 8.27. The minimum Gasteiger partial charge on any atom is -0.468 e. The molecule has 0 aliphatic heterocycles. The molecule has 0 heterocycles. The molecule has 1 unspecified atom stereocenters. The number of carbonyl (C=O) groups is 1. The summed E-state index contributed by atoms with van der Waals surface area (Å²) >= 11 is 0. The second-order valence-corrected chi connectivity index (χ2v) is 3.29. The van der Waals surface area contributed by atoms with Crippen LogP contribution in [-0.4, -0.2) is 56.7 Å². The number of esters is 1. The molecule has 0 saturated heterocycles. The molecule has 3 N–H and O–H groups in total. The lowest BCUT2D eigenvalue weighted by atomic mass is 10.3. The molecule has 0 aromatic heterocycles. The average molecular weight is 217 g/mol. The molecule has 0 aliphatic carbocycles. The van der Waals surface area contributed by atoms with Gasteiger partial charge in [0.25, 0.3) is 0 Å². The highest BCUT2D eigenvalue weighted by molar-refractivity contribution is 5.75. The number of rotatable bonds is 8. The molecule has 0 spiro atoms. The van der Waals surface area contributed by atoms with Crippen molar-refractivity contribution >= 4 is 5.97 Å². The van der Waals surface area contributed by atoms with Gasteiger partial charge in [0.1, 0.15) is 6.04 Å². The predicted molar refractivity (Wildman–Crippen MR) is 60.6 cm³/mol. The van der Waals surface area contributed by atoms with Gasteiger partial charge >= 0.3 is 5.97 Å². The fourth-order valence-corrected chi connectivity index (χ4v) is 1.34. The molecular formula is C10H23N3O2. The van der Waals surface area contributed by atoms with Crippen molar-refractivity contribution in [3.8, 4) is 0 Å². The highest BCUT2D eigenvalue weighted by atomic mass is 16.5. The van der Waals surface area contributed by atoms with Crippen molar-refractivity contribution in [2.24, 2.45) is 5.73 Å². The van der Waals surface area contributed by atoms with Crippen LogP contribution < -0.4 is 11.1 Å². The van der Waals surface area contributed by atoms with Gasteiger partial charge in [-0.15, -0.1) is 0 Å². The van der Waals surface area contributed by atoms with E-state index >= 15 is 0 Å². The normalized spacial score (nSPS) is 12.9. The van der Waals surface area contributed by atoms with Gasteiger partial charge in [0.15, 0.2) is 0 Å². The van der Waals surface area contributed by atoms with E-state index in [9.17, 15) is 4.79 Å². The second kappa shape index (κ2) is 8.64. The van der Waals surface area contributed by atoms with Crippen LogP contribution in [0.25, 0.3) is 0 Å². The Labute approximate surface area is 91.9 Å². The number of nitrogens with two attached hydrogens (primary N) is 1. The van der Waals surface area contributed by atoms with Crippen LogP contribution in [0.4, 0.5) is 0 Å². The fraction of sp³-hybridized carbons (Fsp3) is 0.900. The maximum Gasteiger partial charge on any atom is 0.324 e. The molecule has 0 radical (unpaired) electrons. The molecule has 0 amide bonds. The Morgan fingerprint density at radius 2 is 2.07 bits per heavy atom. The Morgan fingerprint density at radius 1 is 1.47 bits per heavy atom. The highest BCUT2D eigenvalue weighted by Gasteiger charge is 2.15. The predicted octanol–water partition coefficient (Wildman–Crippen LogP) is -0.582. The van der Waals surface area contributed by atoms with Gasteiger partial charge in [-0.05, 0) is 13.1 Å². The first kappa shape index (κ1) is 14.3. The molecule has 0 aromatic carbocycles. The van der Waals surface area contributed by atoms with E-state index in [1.54, 1.807) is 0 Å². The van der Waals surface area contributed by atoms with Crippen LogP contribution in [0.5, 0.6) is 0 Å². The lowest BCUT2D eigenvalue weighted by Gasteiger charge is -2.20. The Bertz CT molecular complexity index is 172. The third kappa shape index (κ3) is 5.71. The van der Waals surface area contributed by atoms with E-state index in [1.165, 1.54) is 7.11 Å². The summed E-state index contributed by atoms with van der Waals surface area (Å²) in [5.74, 6) is -0.294. The Morgan fingerprint density at radius 3 is 2.47 bits per heavy atom. The van der Waals surface area contributed by atoms with Crippen molar-refractivity contribution < 1.29 is 9.53 Å². The molecule has 1 atom stereocenters. The average Bonchev–Trinajstić information content (AvgIpc) is 2.28. The maximum atomic E-state index is 11.2. The highest BCUT2D eigenvalue weighted by Crippen LogP contribution is 1.88. The van der Waals surface area contributed by atoms with Crippen molar-refractivity contribution in [1.82, 2.24) is 10.2 Å². The topological polar surface area (TPSA) is 67.6 Å². The summed E-state index contributed by atoms with van der Waals surface area (Å²) in [5.41, 5.74) is 5.45. The molecule has 0 fully saturated rings. The SMILES string of the molecule is CCN(CC)CCNC(CN)C(=O)OC. The third-order valence-corrected chi connectivity index (χ3v) is 2.43. The van der Waals surface area contributed by atoms with Gasteiger partial charge < -0.3 is 20.7 Å². The Balaban J connectivity index is 3.76. The molecule has 0 aromatic rings. The smallest absolute Gasteiger partial charge is 0.324 e. The first-order chi connectivity index (χ1) is 7.19. The van der Waals surface area contributed by atoms with Crippen molar-refractivity contribution in [2.45, 2.75) is 19.9 Å². The van der Waals surface area contributed by atoms with Crippen molar-refractivity contribution in [1.29, 1.82) is 0 Å². The number of methoxy groups -OCH3 is 1. The lowest BCUT2D eigenvalue weighted by molar-refractivity contribution is -0.142. The minimum atomic E-state index is -0.384. The second-order valence-electron chi connectivity index (χ2n) is 3.29. The molecule has 15 heavy (non-hydrogen) atoms. The minimum absolute atomic E-state index is 0.269. The lowest BCUT2D eigenvalue weighted by Crippen LogP contribution is -2.46. The van der Waals surface area contributed by atoms with E-state index in [0.717, 1.165) is 26.2 Å². The number of hydrogen-bond donors (Lipinski definition) is 2. The number of nitrogens with one attached hydrogen (secondary N) is 1. The summed E-state index contributed by atoms with van der Waals surface area (Å²) in [6.07, 6.45) is 0. The molecule has 0 saturated carbocycles. The van der Waals surface area contributed by atoms with Crippen LogP contribution in [0.2, 0.25) is 0 Å². The van der Waals surface area contributed by atoms with Crippen LogP contribution in [0.3, 0.4) is 0 Å². The molecule has 0 bridgehead atoms. The van der Waals surface area contributed by atoms with Crippen molar-refractivity contribution in [2.75, 3.05) is 39.8 Å². The summed E-state index contributed by atoms with van der Waals surface area (Å²) in [5, 5.41) is 3.08. The van der Waals surface area contributed by atoms with Crippen molar-refractivity contribution in [3.05, 3.63) is 0 Å². The van der Waals surface area contributed by atoms with Crippen molar-refractivity contribution in [3.63, 3.8) is 0 Å². The monoisotopic (exact) mass is 217 g/mol. The summed E-state index contributed by atoms with van der Waals surface area (Å²) in [4.78, 5) is 13.5.